The lowest BCUT2D eigenvalue weighted by Gasteiger charge is -2.19. The molecular formula is C13H13N3O4. The summed E-state index contributed by atoms with van der Waals surface area (Å²) in [5, 5.41) is 28.6. The number of carboxylic acid groups (broad SMARTS) is 1. The molecule has 1 aromatic rings. The Morgan fingerprint density at radius 3 is 2.95 bits per heavy atom. The van der Waals surface area contributed by atoms with Gasteiger partial charge in [0.05, 0.1) is 16.2 Å². The van der Waals surface area contributed by atoms with Gasteiger partial charge in [-0.25, -0.2) is 0 Å². The highest BCUT2D eigenvalue weighted by Crippen LogP contribution is 2.30. The van der Waals surface area contributed by atoms with Crippen molar-refractivity contribution in [1.29, 1.82) is 5.26 Å². The zero-order chi connectivity index (χ0) is 14.7. The summed E-state index contributed by atoms with van der Waals surface area (Å²) in [5.41, 5.74) is 0.757. The second kappa shape index (κ2) is 5.57. The number of rotatable bonds is 4. The SMILES string of the molecule is N#Cc1cc([N+](=O)[O-])ccc1N1CCC(CC(=O)O)C1. The maximum absolute atomic E-state index is 10.7. The summed E-state index contributed by atoms with van der Waals surface area (Å²) in [6.45, 7) is 1.21. The van der Waals surface area contributed by atoms with Gasteiger partial charge in [0.1, 0.15) is 6.07 Å². The van der Waals surface area contributed by atoms with Crippen LogP contribution in [-0.4, -0.2) is 29.1 Å². The van der Waals surface area contributed by atoms with Crippen LogP contribution in [0.5, 0.6) is 0 Å². The molecule has 0 bridgehead atoms. The average molecular weight is 275 g/mol. The van der Waals surface area contributed by atoms with Crippen molar-refractivity contribution in [2.75, 3.05) is 18.0 Å². The molecule has 1 unspecified atom stereocenters. The second-order valence-corrected chi connectivity index (χ2v) is 4.77. The second-order valence-electron chi connectivity index (χ2n) is 4.77. The molecule has 7 nitrogen and oxygen atoms in total. The number of carboxylic acids is 1. The summed E-state index contributed by atoms with van der Waals surface area (Å²) in [5.74, 6) is -0.782. The van der Waals surface area contributed by atoms with Gasteiger partial charge in [0.15, 0.2) is 0 Å². The molecular weight excluding hydrogens is 262 g/mol. The lowest BCUT2D eigenvalue weighted by atomic mass is 10.1. The summed E-state index contributed by atoms with van der Waals surface area (Å²) in [6, 6.07) is 6.13. The molecule has 1 N–H and O–H groups in total. The average Bonchev–Trinajstić information content (AvgIpc) is 2.85. The van der Waals surface area contributed by atoms with Gasteiger partial charge < -0.3 is 10.0 Å². The molecule has 2 rings (SSSR count). The van der Waals surface area contributed by atoms with E-state index in [0.29, 0.717) is 18.8 Å². The van der Waals surface area contributed by atoms with E-state index in [-0.39, 0.29) is 23.6 Å². The molecule has 1 aliphatic heterocycles. The van der Waals surface area contributed by atoms with Crippen molar-refractivity contribution in [3.8, 4) is 6.07 Å². The lowest BCUT2D eigenvalue weighted by Crippen LogP contribution is -2.21. The Morgan fingerprint density at radius 1 is 1.60 bits per heavy atom. The fourth-order valence-corrected chi connectivity index (χ4v) is 2.47. The number of nitro groups is 1. The van der Waals surface area contributed by atoms with E-state index in [1.807, 2.05) is 11.0 Å². The molecule has 1 fully saturated rings. The van der Waals surface area contributed by atoms with Crippen molar-refractivity contribution in [1.82, 2.24) is 0 Å². The van der Waals surface area contributed by atoms with E-state index in [1.165, 1.54) is 12.1 Å². The third kappa shape index (κ3) is 2.85. The van der Waals surface area contributed by atoms with Crippen LogP contribution < -0.4 is 4.90 Å². The van der Waals surface area contributed by atoms with Crippen LogP contribution in [0.3, 0.4) is 0 Å². The molecule has 1 aromatic carbocycles. The zero-order valence-electron chi connectivity index (χ0n) is 10.7. The minimum atomic E-state index is -0.832. The number of hydrogen-bond donors (Lipinski definition) is 1. The molecule has 0 amide bonds. The Bertz CT molecular complexity index is 594. The normalized spacial score (nSPS) is 17.8. The van der Waals surface area contributed by atoms with Crippen LogP contribution in [-0.2, 0) is 4.79 Å². The topological polar surface area (TPSA) is 107 Å². The van der Waals surface area contributed by atoms with Gasteiger partial charge in [-0.2, -0.15) is 5.26 Å². The summed E-state index contributed by atoms with van der Waals surface area (Å²) < 4.78 is 0. The van der Waals surface area contributed by atoms with Gasteiger partial charge in [-0.1, -0.05) is 0 Å². The van der Waals surface area contributed by atoms with Crippen molar-refractivity contribution < 1.29 is 14.8 Å². The predicted octanol–water partition coefficient (Wildman–Crippen LogP) is 1.77. The molecule has 1 atom stereocenters. The van der Waals surface area contributed by atoms with E-state index in [4.69, 9.17) is 10.4 Å². The molecule has 0 radical (unpaired) electrons. The Kier molecular flexibility index (Phi) is 3.84. The van der Waals surface area contributed by atoms with Gasteiger partial charge in [0.2, 0.25) is 0 Å². The minimum Gasteiger partial charge on any atom is -0.481 e. The number of nitro benzene ring substituents is 1. The number of non-ortho nitro benzene ring substituents is 1. The van der Waals surface area contributed by atoms with Crippen molar-refractivity contribution in [3.63, 3.8) is 0 Å². The van der Waals surface area contributed by atoms with Gasteiger partial charge in [0.25, 0.3) is 5.69 Å². The Hall–Kier alpha value is -2.62. The first-order valence-electron chi connectivity index (χ1n) is 6.16. The molecule has 0 spiro atoms. The van der Waals surface area contributed by atoms with Crippen molar-refractivity contribution >= 4 is 17.3 Å². The number of nitriles is 1. The predicted molar refractivity (Wildman–Crippen MR) is 70.4 cm³/mol. The van der Waals surface area contributed by atoms with Crippen LogP contribution in [0.2, 0.25) is 0 Å². The molecule has 0 saturated carbocycles. The molecule has 0 aliphatic carbocycles. The lowest BCUT2D eigenvalue weighted by molar-refractivity contribution is -0.384. The number of anilines is 1. The Balaban J connectivity index is 2.20. The monoisotopic (exact) mass is 275 g/mol. The summed E-state index contributed by atoms with van der Waals surface area (Å²) in [6.07, 6.45) is 0.847. The van der Waals surface area contributed by atoms with Gasteiger partial charge in [0, 0.05) is 31.6 Å². The maximum atomic E-state index is 10.7. The molecule has 7 heteroatoms. The van der Waals surface area contributed by atoms with E-state index in [0.717, 1.165) is 6.42 Å². The Morgan fingerprint density at radius 2 is 2.35 bits per heavy atom. The molecule has 1 saturated heterocycles. The van der Waals surface area contributed by atoms with Crippen molar-refractivity contribution in [2.45, 2.75) is 12.8 Å². The summed E-state index contributed by atoms with van der Waals surface area (Å²) in [7, 11) is 0. The van der Waals surface area contributed by atoms with Crippen LogP contribution in [0.4, 0.5) is 11.4 Å². The third-order valence-corrected chi connectivity index (χ3v) is 3.40. The summed E-state index contributed by atoms with van der Waals surface area (Å²) >= 11 is 0. The fraction of sp³-hybridized carbons (Fsp3) is 0.385. The van der Waals surface area contributed by atoms with E-state index in [2.05, 4.69) is 0 Å². The molecule has 20 heavy (non-hydrogen) atoms. The van der Waals surface area contributed by atoms with E-state index < -0.39 is 10.9 Å². The van der Waals surface area contributed by atoms with E-state index >= 15 is 0 Å². The highest BCUT2D eigenvalue weighted by molar-refractivity contribution is 5.68. The molecule has 1 heterocycles. The molecule has 104 valence electrons. The highest BCUT2D eigenvalue weighted by Gasteiger charge is 2.26. The number of carbonyl (C=O) groups is 1. The number of benzene rings is 1. The minimum absolute atomic E-state index is 0.0502. The number of aliphatic carboxylic acids is 1. The van der Waals surface area contributed by atoms with Crippen LogP contribution in [0.25, 0.3) is 0 Å². The Labute approximate surface area is 115 Å². The smallest absolute Gasteiger partial charge is 0.303 e. The maximum Gasteiger partial charge on any atom is 0.303 e. The standard InChI is InChI=1S/C13H13N3O4/c14-7-10-6-11(16(19)20)1-2-12(10)15-4-3-9(8-15)5-13(17)18/h1-2,6,9H,3-5,8H2,(H,17,18). The first kappa shape index (κ1) is 13.8. The van der Waals surface area contributed by atoms with Crippen LogP contribution in [0.15, 0.2) is 18.2 Å². The van der Waals surface area contributed by atoms with Gasteiger partial charge in [-0.05, 0) is 18.4 Å². The van der Waals surface area contributed by atoms with E-state index in [1.54, 1.807) is 6.07 Å². The van der Waals surface area contributed by atoms with E-state index in [9.17, 15) is 14.9 Å². The number of nitrogens with zero attached hydrogens (tertiary/aromatic N) is 3. The van der Waals surface area contributed by atoms with Crippen LogP contribution in [0.1, 0.15) is 18.4 Å². The zero-order valence-corrected chi connectivity index (χ0v) is 10.7. The number of hydrogen-bond acceptors (Lipinski definition) is 5. The first-order valence-corrected chi connectivity index (χ1v) is 6.16. The van der Waals surface area contributed by atoms with Crippen molar-refractivity contribution in [3.05, 3.63) is 33.9 Å². The van der Waals surface area contributed by atoms with Crippen LogP contribution >= 0.6 is 0 Å². The fourth-order valence-electron chi connectivity index (χ4n) is 2.47. The van der Waals surface area contributed by atoms with Gasteiger partial charge in [-0.15, -0.1) is 0 Å². The first-order chi connectivity index (χ1) is 9.51. The van der Waals surface area contributed by atoms with Crippen molar-refractivity contribution in [2.24, 2.45) is 5.92 Å². The largest absolute Gasteiger partial charge is 0.481 e. The molecule has 1 aliphatic rings. The highest BCUT2D eigenvalue weighted by atomic mass is 16.6. The van der Waals surface area contributed by atoms with Gasteiger partial charge >= 0.3 is 5.97 Å². The van der Waals surface area contributed by atoms with Gasteiger partial charge in [-0.3, -0.25) is 14.9 Å². The molecule has 0 aromatic heterocycles. The summed E-state index contributed by atoms with van der Waals surface area (Å²) in [4.78, 5) is 22.8. The third-order valence-electron chi connectivity index (χ3n) is 3.40. The quantitative estimate of drug-likeness (QED) is 0.662. The van der Waals surface area contributed by atoms with Crippen LogP contribution in [0, 0.1) is 27.4 Å².